The summed E-state index contributed by atoms with van der Waals surface area (Å²) in [6, 6.07) is 13.0. The van der Waals surface area contributed by atoms with Gasteiger partial charge in [0.05, 0.1) is 17.4 Å². The van der Waals surface area contributed by atoms with Crippen molar-refractivity contribution in [1.82, 2.24) is 0 Å². The van der Waals surface area contributed by atoms with Crippen LogP contribution in [-0.4, -0.2) is 18.9 Å². The van der Waals surface area contributed by atoms with E-state index >= 15 is 0 Å². The molecule has 31 heavy (non-hydrogen) atoms. The predicted octanol–water partition coefficient (Wildman–Crippen LogP) is 6.37. The number of carbonyl (C=O) groups excluding carboxylic acids is 1. The highest BCUT2D eigenvalue weighted by atomic mass is 16.1. The Hall–Kier alpha value is -2.75. The third kappa shape index (κ3) is 4.08. The molecule has 0 fully saturated rings. The molecule has 0 radical (unpaired) electrons. The van der Waals surface area contributed by atoms with Crippen molar-refractivity contribution in [1.29, 1.82) is 0 Å². The number of anilines is 3. The number of nitrogens with zero attached hydrogens (tertiary/aromatic N) is 1. The van der Waals surface area contributed by atoms with Gasteiger partial charge < -0.3 is 15.5 Å². The van der Waals surface area contributed by atoms with Gasteiger partial charge in [0.2, 0.25) is 0 Å². The fourth-order valence-electron chi connectivity index (χ4n) is 4.93. The van der Waals surface area contributed by atoms with E-state index in [9.17, 15) is 4.79 Å². The highest BCUT2D eigenvalue weighted by Crippen LogP contribution is 2.46. The number of ketones is 1. The Morgan fingerprint density at radius 3 is 2.19 bits per heavy atom. The van der Waals surface area contributed by atoms with E-state index in [1.807, 2.05) is 0 Å². The van der Waals surface area contributed by atoms with Crippen LogP contribution in [0.25, 0.3) is 0 Å². The Labute approximate surface area is 186 Å². The fraction of sp³-hybridized carbons (Fsp3) is 0.444. The zero-order valence-electron chi connectivity index (χ0n) is 19.7. The number of rotatable bonds is 4. The Balaban J connectivity index is 1.82. The van der Waals surface area contributed by atoms with Crippen LogP contribution >= 0.6 is 0 Å². The highest BCUT2D eigenvalue weighted by molar-refractivity contribution is 6.01. The van der Waals surface area contributed by atoms with Crippen LogP contribution in [0.1, 0.15) is 63.3 Å². The molecule has 164 valence electrons. The van der Waals surface area contributed by atoms with Crippen LogP contribution < -0.4 is 15.5 Å². The van der Waals surface area contributed by atoms with Gasteiger partial charge in [-0.15, -0.1) is 0 Å². The molecule has 2 aromatic rings. The Kier molecular flexibility index (Phi) is 5.59. The largest absolute Gasteiger partial charge is 0.372 e. The van der Waals surface area contributed by atoms with Crippen LogP contribution in [0.3, 0.4) is 0 Å². The van der Waals surface area contributed by atoms with Gasteiger partial charge in [0, 0.05) is 36.5 Å². The molecule has 0 saturated heterocycles. The minimum absolute atomic E-state index is 0.0374. The maximum absolute atomic E-state index is 13.4. The molecular weight excluding hydrogens is 382 g/mol. The summed E-state index contributed by atoms with van der Waals surface area (Å²) in [6.45, 7) is 15.0. The van der Waals surface area contributed by atoms with E-state index in [0.717, 1.165) is 47.7 Å². The summed E-state index contributed by atoms with van der Waals surface area (Å²) in [7, 11) is 0. The zero-order valence-corrected chi connectivity index (χ0v) is 19.7. The number of allylic oxidation sites excluding steroid dienone is 1. The summed E-state index contributed by atoms with van der Waals surface area (Å²) >= 11 is 0. The fourth-order valence-corrected chi connectivity index (χ4v) is 4.93. The lowest BCUT2D eigenvalue weighted by molar-refractivity contribution is -0.118. The van der Waals surface area contributed by atoms with E-state index in [4.69, 9.17) is 0 Å². The van der Waals surface area contributed by atoms with E-state index in [1.54, 1.807) is 0 Å². The van der Waals surface area contributed by atoms with Gasteiger partial charge in [0.1, 0.15) is 0 Å². The molecule has 4 rings (SSSR count). The molecule has 0 aromatic heterocycles. The van der Waals surface area contributed by atoms with E-state index in [-0.39, 0.29) is 17.2 Å². The van der Waals surface area contributed by atoms with Crippen LogP contribution in [0.4, 0.5) is 17.1 Å². The van der Waals surface area contributed by atoms with Gasteiger partial charge in [-0.05, 0) is 80.5 Å². The topological polar surface area (TPSA) is 44.4 Å². The van der Waals surface area contributed by atoms with Crippen molar-refractivity contribution in [2.45, 2.75) is 60.4 Å². The van der Waals surface area contributed by atoms with Crippen molar-refractivity contribution in [3.8, 4) is 0 Å². The predicted molar refractivity (Wildman–Crippen MR) is 131 cm³/mol. The van der Waals surface area contributed by atoms with Crippen LogP contribution in [0.5, 0.6) is 0 Å². The second kappa shape index (κ2) is 8.07. The lowest BCUT2D eigenvalue weighted by atomic mass is 9.73. The molecule has 4 nitrogen and oxygen atoms in total. The number of fused-ring (bicyclic) bond motifs is 1. The van der Waals surface area contributed by atoms with Crippen LogP contribution in [0.2, 0.25) is 0 Å². The molecule has 0 amide bonds. The Morgan fingerprint density at radius 1 is 0.968 bits per heavy atom. The van der Waals surface area contributed by atoms with Gasteiger partial charge in [0.15, 0.2) is 5.78 Å². The summed E-state index contributed by atoms with van der Waals surface area (Å²) in [6.07, 6.45) is 1.45. The first-order chi connectivity index (χ1) is 14.7. The zero-order chi connectivity index (χ0) is 22.3. The summed E-state index contributed by atoms with van der Waals surface area (Å²) in [4.78, 5) is 15.7. The van der Waals surface area contributed by atoms with E-state index in [1.165, 1.54) is 16.8 Å². The lowest BCUT2D eigenvalue weighted by Crippen LogP contribution is -2.31. The molecule has 0 unspecified atom stereocenters. The number of Topliss-reactive ketones (excluding diaryl/α,β-unsaturated/α-hetero) is 1. The maximum atomic E-state index is 13.4. The first kappa shape index (κ1) is 21.5. The van der Waals surface area contributed by atoms with Crippen molar-refractivity contribution in [3.05, 3.63) is 64.4 Å². The van der Waals surface area contributed by atoms with Crippen molar-refractivity contribution < 1.29 is 4.79 Å². The van der Waals surface area contributed by atoms with Gasteiger partial charge in [-0.2, -0.15) is 0 Å². The molecule has 1 atom stereocenters. The second-order valence-electron chi connectivity index (χ2n) is 9.78. The van der Waals surface area contributed by atoms with Crippen molar-refractivity contribution in [3.63, 3.8) is 0 Å². The number of aryl methyl sites for hydroxylation is 2. The minimum atomic E-state index is -0.153. The molecule has 4 heteroatoms. The van der Waals surface area contributed by atoms with Gasteiger partial charge in [0.25, 0.3) is 0 Å². The van der Waals surface area contributed by atoms with Gasteiger partial charge in [-0.1, -0.05) is 26.0 Å². The maximum Gasteiger partial charge on any atom is 0.163 e. The first-order valence-electron chi connectivity index (χ1n) is 11.5. The first-order valence-corrected chi connectivity index (χ1v) is 11.5. The van der Waals surface area contributed by atoms with Crippen LogP contribution in [0.15, 0.2) is 47.7 Å². The van der Waals surface area contributed by atoms with Gasteiger partial charge >= 0.3 is 0 Å². The van der Waals surface area contributed by atoms with Crippen molar-refractivity contribution in [2.24, 2.45) is 5.41 Å². The molecule has 2 N–H and O–H groups in total. The number of benzene rings is 2. The third-order valence-corrected chi connectivity index (χ3v) is 6.78. The summed E-state index contributed by atoms with van der Waals surface area (Å²) in [5.74, 6) is 0.241. The van der Waals surface area contributed by atoms with Gasteiger partial charge in [-0.25, -0.2) is 0 Å². The van der Waals surface area contributed by atoms with Crippen LogP contribution in [0, 0.1) is 19.3 Å². The second-order valence-corrected chi connectivity index (χ2v) is 9.78. The van der Waals surface area contributed by atoms with E-state index in [0.29, 0.717) is 6.42 Å². The summed E-state index contributed by atoms with van der Waals surface area (Å²) in [5, 5.41) is 7.37. The Bertz CT molecular complexity index is 1030. The number of hydrogen-bond donors (Lipinski definition) is 2. The molecule has 2 aromatic carbocycles. The quantitative estimate of drug-likeness (QED) is 0.606. The average molecular weight is 418 g/mol. The summed E-state index contributed by atoms with van der Waals surface area (Å²) < 4.78 is 0. The molecule has 1 aliphatic heterocycles. The minimum Gasteiger partial charge on any atom is -0.372 e. The molecule has 2 aliphatic rings. The molecule has 1 aliphatic carbocycles. The van der Waals surface area contributed by atoms with Crippen molar-refractivity contribution >= 4 is 22.8 Å². The molecule has 0 saturated carbocycles. The molecular formula is C27H35N3O. The molecule has 1 heterocycles. The van der Waals surface area contributed by atoms with Crippen LogP contribution in [-0.2, 0) is 4.79 Å². The van der Waals surface area contributed by atoms with E-state index in [2.05, 4.69) is 93.5 Å². The average Bonchev–Trinajstić information content (AvgIpc) is 2.85. The highest BCUT2D eigenvalue weighted by Gasteiger charge is 2.38. The number of hydrogen-bond acceptors (Lipinski definition) is 4. The Morgan fingerprint density at radius 2 is 1.58 bits per heavy atom. The SMILES string of the molecule is CCN(CC)c1ccc([C@H]2Nc3cc(C)c(C)cc3NC3=C2C(=O)CC(C)(C)C3)cc1. The van der Waals surface area contributed by atoms with E-state index < -0.39 is 0 Å². The molecule has 0 bridgehead atoms. The smallest absolute Gasteiger partial charge is 0.163 e. The number of carbonyl (C=O) groups is 1. The standard InChI is InChI=1S/C27H35N3O/c1-7-30(8-2)20-11-9-19(10-12-20)26-25-23(15-27(5,6)16-24(25)31)28-21-13-17(3)18(4)14-22(21)29-26/h9-14,26,28-29H,7-8,15-16H2,1-6H3/t26-/m1/s1. The summed E-state index contributed by atoms with van der Waals surface area (Å²) in [5.41, 5.74) is 8.87. The number of nitrogens with one attached hydrogen (secondary N) is 2. The normalized spacial score (nSPS) is 19.7. The van der Waals surface area contributed by atoms with Crippen molar-refractivity contribution in [2.75, 3.05) is 28.6 Å². The molecule has 0 spiro atoms. The lowest BCUT2D eigenvalue weighted by Gasteiger charge is -2.34. The monoisotopic (exact) mass is 417 g/mol. The van der Waals surface area contributed by atoms with Gasteiger partial charge in [-0.3, -0.25) is 4.79 Å². The third-order valence-electron chi connectivity index (χ3n) is 6.78.